The van der Waals surface area contributed by atoms with Crippen LogP contribution in [0.3, 0.4) is 0 Å². The molecular weight excluding hydrogens is 323 g/mol. The van der Waals surface area contributed by atoms with E-state index in [-0.39, 0.29) is 11.8 Å². The molecule has 1 aromatic carbocycles. The first-order valence-electron chi connectivity index (χ1n) is 4.39. The van der Waals surface area contributed by atoms with Crippen LogP contribution in [0.25, 0.3) is 0 Å². The second-order valence-corrected chi connectivity index (χ2v) is 7.01. The molecule has 0 aliphatic carbocycles. The zero-order valence-electron chi connectivity index (χ0n) is 8.31. The molecule has 5 nitrogen and oxygen atoms in total. The van der Waals surface area contributed by atoms with Crippen molar-refractivity contribution in [2.24, 2.45) is 3.21 Å². The van der Waals surface area contributed by atoms with E-state index in [0.29, 0.717) is 5.56 Å². The normalized spacial score (nSPS) is 15.7. The number of carbonyl (C=O) groups is 2. The van der Waals surface area contributed by atoms with Crippen molar-refractivity contribution >= 4 is 38.3 Å². The second-order valence-electron chi connectivity index (χ2n) is 3.01. The van der Waals surface area contributed by atoms with Crippen molar-refractivity contribution in [3.63, 3.8) is 0 Å². The summed E-state index contributed by atoms with van der Waals surface area (Å²) in [5.74, 6) is -0.724. The number of halogens is 1. The van der Waals surface area contributed by atoms with Gasteiger partial charge in [0.2, 0.25) is 0 Å². The summed E-state index contributed by atoms with van der Waals surface area (Å²) in [4.78, 5) is 33.6. The SMILES string of the molecule is CC(=O)N1C(=O)c2ccccc2I1N=C=O. The Morgan fingerprint density at radius 1 is 1.44 bits per heavy atom. The molecule has 0 saturated carbocycles. The van der Waals surface area contributed by atoms with Crippen LogP contribution in [-0.4, -0.2) is 21.0 Å². The molecule has 1 heterocycles. The van der Waals surface area contributed by atoms with Gasteiger partial charge in [-0.15, -0.1) is 0 Å². The first-order chi connectivity index (χ1) is 7.66. The summed E-state index contributed by atoms with van der Waals surface area (Å²) in [6, 6.07) is 6.87. The molecule has 0 saturated heterocycles. The first-order valence-corrected chi connectivity index (χ1v) is 7.40. The Kier molecular flexibility index (Phi) is 2.84. The molecule has 2 amide bonds. The molecule has 0 radical (unpaired) electrons. The van der Waals surface area contributed by atoms with Crippen LogP contribution in [0, 0.1) is 3.57 Å². The van der Waals surface area contributed by atoms with Crippen molar-refractivity contribution < 1.29 is 14.4 Å². The van der Waals surface area contributed by atoms with E-state index in [1.54, 1.807) is 24.3 Å². The van der Waals surface area contributed by atoms with Gasteiger partial charge >= 0.3 is 99.3 Å². The van der Waals surface area contributed by atoms with E-state index in [0.717, 1.165) is 6.68 Å². The van der Waals surface area contributed by atoms with E-state index in [2.05, 4.69) is 3.21 Å². The zero-order valence-corrected chi connectivity index (χ0v) is 10.5. The van der Waals surface area contributed by atoms with Crippen LogP contribution in [0.1, 0.15) is 17.3 Å². The van der Waals surface area contributed by atoms with Crippen molar-refractivity contribution in [3.05, 3.63) is 33.4 Å². The number of imide groups is 1. The van der Waals surface area contributed by atoms with Gasteiger partial charge in [0.15, 0.2) is 0 Å². The van der Waals surface area contributed by atoms with Gasteiger partial charge in [-0.2, -0.15) is 0 Å². The molecule has 0 N–H and O–H groups in total. The standard InChI is InChI=1S/C10H7IN2O3/c1-7(15)13-10(16)8-4-2-3-5-9(8)11(13)12-6-14/h2-5H,1H3. The Balaban J connectivity index is 2.60. The van der Waals surface area contributed by atoms with E-state index in [1.165, 1.54) is 13.0 Å². The number of carbonyl (C=O) groups excluding carboxylic acids is 3. The molecule has 2 rings (SSSR count). The van der Waals surface area contributed by atoms with E-state index in [9.17, 15) is 14.4 Å². The van der Waals surface area contributed by atoms with Gasteiger partial charge in [-0.25, -0.2) is 0 Å². The van der Waals surface area contributed by atoms with E-state index in [4.69, 9.17) is 0 Å². The quantitative estimate of drug-likeness (QED) is 0.339. The number of isocyanates is 1. The molecule has 82 valence electrons. The molecule has 1 aliphatic rings. The Morgan fingerprint density at radius 3 is 2.75 bits per heavy atom. The average Bonchev–Trinajstić information content (AvgIpc) is 2.54. The average molecular weight is 330 g/mol. The number of hydrogen-bond acceptors (Lipinski definition) is 4. The Morgan fingerprint density at radius 2 is 2.12 bits per heavy atom. The fourth-order valence-corrected chi connectivity index (χ4v) is 5.38. The fourth-order valence-electron chi connectivity index (χ4n) is 1.42. The molecule has 0 bridgehead atoms. The van der Waals surface area contributed by atoms with Crippen LogP contribution in [0.2, 0.25) is 0 Å². The molecule has 1 aliphatic heterocycles. The van der Waals surface area contributed by atoms with Gasteiger partial charge in [-0.05, 0) is 0 Å². The van der Waals surface area contributed by atoms with Crippen LogP contribution >= 0.6 is 20.4 Å². The van der Waals surface area contributed by atoms with Crippen LogP contribution in [0.4, 0.5) is 0 Å². The number of rotatable bonds is 1. The van der Waals surface area contributed by atoms with Gasteiger partial charge in [0, 0.05) is 0 Å². The predicted molar refractivity (Wildman–Crippen MR) is 64.1 cm³/mol. The third-order valence-corrected chi connectivity index (χ3v) is 6.68. The molecule has 0 spiro atoms. The maximum absolute atomic E-state index is 11.9. The summed E-state index contributed by atoms with van der Waals surface area (Å²) in [7, 11) is 0. The number of fused-ring (bicyclic) bond motifs is 1. The van der Waals surface area contributed by atoms with Crippen molar-refractivity contribution in [2.45, 2.75) is 6.92 Å². The summed E-state index contributed by atoms with van der Waals surface area (Å²) in [5.41, 5.74) is 0.474. The monoisotopic (exact) mass is 330 g/mol. The number of amides is 2. The maximum atomic E-state index is 11.9. The molecule has 6 heteroatoms. The fraction of sp³-hybridized carbons (Fsp3) is 0.100. The molecule has 0 aromatic heterocycles. The summed E-state index contributed by atoms with van der Waals surface area (Å²) in [5, 5.41) is 0. The predicted octanol–water partition coefficient (Wildman–Crippen LogP) is 1.53. The topological polar surface area (TPSA) is 66.8 Å². The summed E-state index contributed by atoms with van der Waals surface area (Å²) >= 11 is -2.57. The van der Waals surface area contributed by atoms with Crippen LogP contribution in [0.5, 0.6) is 0 Å². The van der Waals surface area contributed by atoms with E-state index < -0.39 is 20.4 Å². The number of hydrogen-bond donors (Lipinski definition) is 0. The van der Waals surface area contributed by atoms with Crippen molar-refractivity contribution in [3.8, 4) is 0 Å². The van der Waals surface area contributed by atoms with Gasteiger partial charge in [-0.3, -0.25) is 0 Å². The van der Waals surface area contributed by atoms with Crippen LogP contribution < -0.4 is 0 Å². The zero-order chi connectivity index (χ0) is 11.7. The van der Waals surface area contributed by atoms with Gasteiger partial charge in [0.05, 0.1) is 0 Å². The third kappa shape index (κ3) is 1.56. The van der Waals surface area contributed by atoms with Gasteiger partial charge in [-0.1, -0.05) is 0 Å². The van der Waals surface area contributed by atoms with Crippen molar-refractivity contribution in [1.29, 1.82) is 0 Å². The minimum atomic E-state index is -2.57. The third-order valence-electron chi connectivity index (χ3n) is 2.02. The van der Waals surface area contributed by atoms with Crippen LogP contribution in [-0.2, 0) is 9.59 Å². The second kappa shape index (κ2) is 4.15. The molecule has 16 heavy (non-hydrogen) atoms. The molecule has 0 fully saturated rings. The Bertz CT molecular complexity index is 523. The number of nitrogens with zero attached hydrogens (tertiary/aromatic N) is 2. The molecular formula is C10H7IN2O3. The minimum absolute atomic E-state index is 0.354. The van der Waals surface area contributed by atoms with Gasteiger partial charge < -0.3 is 0 Å². The molecule has 0 unspecified atom stereocenters. The molecule has 0 atom stereocenters. The Hall–Kier alpha value is -1.53. The van der Waals surface area contributed by atoms with Gasteiger partial charge in [0.1, 0.15) is 0 Å². The van der Waals surface area contributed by atoms with E-state index >= 15 is 0 Å². The van der Waals surface area contributed by atoms with Crippen molar-refractivity contribution in [1.82, 2.24) is 3.11 Å². The van der Waals surface area contributed by atoms with Crippen LogP contribution in [0.15, 0.2) is 27.5 Å². The first kappa shape index (κ1) is 11.0. The molecule has 1 aromatic rings. The summed E-state index contributed by atoms with van der Waals surface area (Å²) < 4.78 is 5.48. The Labute approximate surface area is 99.2 Å². The van der Waals surface area contributed by atoms with E-state index in [1.807, 2.05) is 0 Å². The number of benzene rings is 1. The summed E-state index contributed by atoms with van der Waals surface area (Å²) in [6.07, 6.45) is 1.45. The van der Waals surface area contributed by atoms with Crippen molar-refractivity contribution in [2.75, 3.05) is 0 Å². The van der Waals surface area contributed by atoms with Gasteiger partial charge in [0.25, 0.3) is 0 Å². The summed E-state index contributed by atoms with van der Waals surface area (Å²) in [6.45, 7) is 1.30.